The Hall–Kier alpha value is -1.34. The molecule has 2 rings (SSSR count). The van der Waals surface area contributed by atoms with E-state index in [-0.39, 0.29) is 0 Å². The van der Waals surface area contributed by atoms with Crippen LogP contribution in [0.25, 0.3) is 0 Å². The molecule has 0 aliphatic heterocycles. The monoisotopic (exact) mass is 231 g/mol. The molecule has 0 amide bonds. The van der Waals surface area contributed by atoms with Crippen LogP contribution in [0.15, 0.2) is 48.8 Å². The smallest absolute Gasteiger partial charge is 0.0408 e. The Morgan fingerprint density at radius 1 is 1.12 bits per heavy atom. The van der Waals surface area contributed by atoms with Crippen molar-refractivity contribution in [2.45, 2.75) is 19.3 Å². The van der Waals surface area contributed by atoms with Crippen LogP contribution in [-0.4, -0.2) is 4.98 Å². The molecule has 0 aliphatic rings. The Balaban J connectivity index is 2.37. The topological polar surface area (TPSA) is 12.9 Å². The first-order valence-corrected chi connectivity index (χ1v) is 5.84. The first kappa shape index (κ1) is 11.2. The predicted molar refractivity (Wildman–Crippen MR) is 67.8 cm³/mol. The van der Waals surface area contributed by atoms with Gasteiger partial charge in [-0.2, -0.15) is 0 Å². The Morgan fingerprint density at radius 2 is 1.88 bits per heavy atom. The molecular formula is C14H14ClN. The summed E-state index contributed by atoms with van der Waals surface area (Å²) < 4.78 is 0. The van der Waals surface area contributed by atoms with E-state index in [0.29, 0.717) is 5.92 Å². The van der Waals surface area contributed by atoms with Crippen molar-refractivity contribution in [1.29, 1.82) is 0 Å². The average molecular weight is 232 g/mol. The van der Waals surface area contributed by atoms with Crippen molar-refractivity contribution in [3.8, 4) is 0 Å². The summed E-state index contributed by atoms with van der Waals surface area (Å²) in [5, 5.41) is 0.796. The minimum atomic E-state index is 0.404. The fourth-order valence-electron chi connectivity index (χ4n) is 1.98. The lowest BCUT2D eigenvalue weighted by Gasteiger charge is -2.15. The quantitative estimate of drug-likeness (QED) is 0.769. The van der Waals surface area contributed by atoms with Crippen LogP contribution >= 0.6 is 11.6 Å². The normalized spacial score (nSPS) is 12.4. The number of pyridine rings is 1. The van der Waals surface area contributed by atoms with Gasteiger partial charge in [-0.3, -0.25) is 4.98 Å². The molecule has 2 aromatic rings. The highest BCUT2D eigenvalue weighted by Gasteiger charge is 2.11. The van der Waals surface area contributed by atoms with Crippen LogP contribution in [0, 0.1) is 0 Å². The molecule has 0 bridgehead atoms. The van der Waals surface area contributed by atoms with Crippen LogP contribution in [0.4, 0.5) is 0 Å². The summed E-state index contributed by atoms with van der Waals surface area (Å²) in [6, 6.07) is 12.2. The second-order valence-electron chi connectivity index (χ2n) is 3.80. The maximum atomic E-state index is 6.02. The summed E-state index contributed by atoms with van der Waals surface area (Å²) >= 11 is 6.02. The van der Waals surface area contributed by atoms with Crippen molar-refractivity contribution < 1.29 is 0 Å². The number of hydrogen-bond acceptors (Lipinski definition) is 1. The van der Waals surface area contributed by atoms with E-state index in [1.165, 1.54) is 11.1 Å². The molecule has 0 spiro atoms. The second-order valence-corrected chi connectivity index (χ2v) is 4.23. The van der Waals surface area contributed by atoms with E-state index in [0.717, 1.165) is 11.4 Å². The predicted octanol–water partition coefficient (Wildman–Crippen LogP) is 4.28. The minimum Gasteiger partial charge on any atom is -0.265 e. The minimum absolute atomic E-state index is 0.404. The molecule has 0 N–H and O–H groups in total. The second kappa shape index (κ2) is 5.13. The lowest BCUT2D eigenvalue weighted by Crippen LogP contribution is -1.99. The van der Waals surface area contributed by atoms with Crippen LogP contribution in [0.3, 0.4) is 0 Å². The van der Waals surface area contributed by atoms with Crippen LogP contribution in [0.2, 0.25) is 5.02 Å². The molecule has 0 radical (unpaired) electrons. The van der Waals surface area contributed by atoms with Crippen LogP contribution < -0.4 is 0 Å². The third-order valence-corrected chi connectivity index (χ3v) is 3.00. The van der Waals surface area contributed by atoms with Gasteiger partial charge in [0.2, 0.25) is 0 Å². The fourth-order valence-corrected chi connectivity index (χ4v) is 2.18. The first-order valence-electron chi connectivity index (χ1n) is 5.46. The average Bonchev–Trinajstić information content (AvgIpc) is 2.31. The van der Waals surface area contributed by atoms with Crippen molar-refractivity contribution in [1.82, 2.24) is 4.98 Å². The third-order valence-electron chi connectivity index (χ3n) is 2.77. The molecule has 0 fully saturated rings. The first-order chi connectivity index (χ1) is 7.81. The van der Waals surface area contributed by atoms with Crippen molar-refractivity contribution in [2.75, 3.05) is 0 Å². The van der Waals surface area contributed by atoms with Gasteiger partial charge in [0.1, 0.15) is 0 Å². The van der Waals surface area contributed by atoms with Gasteiger partial charge in [0.15, 0.2) is 0 Å². The maximum Gasteiger partial charge on any atom is 0.0408 e. The zero-order valence-corrected chi connectivity index (χ0v) is 9.98. The van der Waals surface area contributed by atoms with Gasteiger partial charge in [0.05, 0.1) is 0 Å². The van der Waals surface area contributed by atoms with Gasteiger partial charge in [-0.25, -0.2) is 0 Å². The van der Waals surface area contributed by atoms with Crippen molar-refractivity contribution in [3.05, 3.63) is 64.9 Å². The van der Waals surface area contributed by atoms with Crippen molar-refractivity contribution in [3.63, 3.8) is 0 Å². The van der Waals surface area contributed by atoms with Crippen LogP contribution in [-0.2, 0) is 0 Å². The van der Waals surface area contributed by atoms with Gasteiger partial charge in [0.25, 0.3) is 0 Å². The molecule has 1 unspecified atom stereocenters. The Labute approximate surface area is 101 Å². The van der Waals surface area contributed by atoms with E-state index in [1.807, 2.05) is 30.6 Å². The Kier molecular flexibility index (Phi) is 3.58. The molecule has 1 aromatic carbocycles. The molecule has 0 saturated carbocycles. The van der Waals surface area contributed by atoms with Gasteiger partial charge < -0.3 is 0 Å². The van der Waals surface area contributed by atoms with E-state index < -0.39 is 0 Å². The van der Waals surface area contributed by atoms with Crippen molar-refractivity contribution >= 4 is 11.6 Å². The standard InChI is InChI=1S/C14H14ClN/c1-2-14(11-6-8-16-9-7-11)12-4-3-5-13(15)10-12/h3-10,14H,2H2,1H3. The van der Waals surface area contributed by atoms with Crippen molar-refractivity contribution in [2.24, 2.45) is 0 Å². The molecule has 0 saturated heterocycles. The summed E-state index contributed by atoms with van der Waals surface area (Å²) in [7, 11) is 0. The van der Waals surface area contributed by atoms with Gasteiger partial charge in [-0.05, 0) is 41.8 Å². The third kappa shape index (κ3) is 2.42. The molecule has 1 nitrogen and oxygen atoms in total. The molecule has 16 heavy (non-hydrogen) atoms. The molecule has 82 valence electrons. The summed E-state index contributed by atoms with van der Waals surface area (Å²) in [4.78, 5) is 4.05. The van der Waals surface area contributed by atoms with E-state index in [9.17, 15) is 0 Å². The molecule has 1 aromatic heterocycles. The molecular weight excluding hydrogens is 218 g/mol. The summed E-state index contributed by atoms with van der Waals surface area (Å²) in [6.07, 6.45) is 4.73. The van der Waals surface area contributed by atoms with Gasteiger partial charge in [-0.15, -0.1) is 0 Å². The number of nitrogens with zero attached hydrogens (tertiary/aromatic N) is 1. The van der Waals surface area contributed by atoms with Gasteiger partial charge in [0, 0.05) is 23.3 Å². The van der Waals surface area contributed by atoms with E-state index >= 15 is 0 Å². The molecule has 0 aliphatic carbocycles. The van der Waals surface area contributed by atoms with Gasteiger partial charge >= 0.3 is 0 Å². The molecule has 1 heterocycles. The number of hydrogen-bond donors (Lipinski definition) is 0. The number of benzene rings is 1. The van der Waals surface area contributed by atoms with E-state index in [1.54, 1.807) is 0 Å². The summed E-state index contributed by atoms with van der Waals surface area (Å²) in [5.74, 6) is 0.404. The summed E-state index contributed by atoms with van der Waals surface area (Å²) in [6.45, 7) is 2.19. The highest BCUT2D eigenvalue weighted by molar-refractivity contribution is 6.30. The summed E-state index contributed by atoms with van der Waals surface area (Å²) in [5.41, 5.74) is 2.56. The fraction of sp³-hybridized carbons (Fsp3) is 0.214. The lowest BCUT2D eigenvalue weighted by molar-refractivity contribution is 0.775. The van der Waals surface area contributed by atoms with E-state index in [4.69, 9.17) is 11.6 Å². The largest absolute Gasteiger partial charge is 0.265 e. The zero-order chi connectivity index (χ0) is 11.4. The van der Waals surface area contributed by atoms with E-state index in [2.05, 4.69) is 30.1 Å². The molecule has 1 atom stereocenters. The highest BCUT2D eigenvalue weighted by Crippen LogP contribution is 2.28. The van der Waals surface area contributed by atoms with Crippen LogP contribution in [0.5, 0.6) is 0 Å². The van der Waals surface area contributed by atoms with Gasteiger partial charge in [-0.1, -0.05) is 30.7 Å². The molecule has 2 heteroatoms. The number of halogens is 1. The van der Waals surface area contributed by atoms with Crippen LogP contribution in [0.1, 0.15) is 30.4 Å². The SMILES string of the molecule is CCC(c1ccncc1)c1cccc(Cl)c1. The maximum absolute atomic E-state index is 6.02. The number of rotatable bonds is 3. The zero-order valence-electron chi connectivity index (χ0n) is 9.23. The Bertz CT molecular complexity index is 453. The Morgan fingerprint density at radius 3 is 2.50 bits per heavy atom. The highest BCUT2D eigenvalue weighted by atomic mass is 35.5. The number of aromatic nitrogens is 1. The lowest BCUT2D eigenvalue weighted by atomic mass is 9.90.